The average molecular weight is 297 g/mol. The third kappa shape index (κ3) is 2.54. The van der Waals surface area contributed by atoms with Gasteiger partial charge in [0, 0.05) is 22.0 Å². The molecule has 16 heavy (non-hydrogen) atoms. The fourth-order valence-corrected chi connectivity index (χ4v) is 2.79. The predicted octanol–water partition coefficient (Wildman–Crippen LogP) is 3.03. The summed E-state index contributed by atoms with van der Waals surface area (Å²) in [7, 11) is 0. The zero-order valence-corrected chi connectivity index (χ0v) is 11.0. The largest absolute Gasteiger partial charge is 0.292 e. The van der Waals surface area contributed by atoms with Crippen LogP contribution in [0.5, 0.6) is 0 Å². The van der Waals surface area contributed by atoms with Crippen LogP contribution < -0.4 is 0 Å². The first-order chi connectivity index (χ1) is 7.66. The lowest BCUT2D eigenvalue weighted by Crippen LogP contribution is -2.06. The predicted molar refractivity (Wildman–Crippen MR) is 66.8 cm³/mol. The molecule has 0 aromatic carbocycles. The Morgan fingerprint density at radius 1 is 1.50 bits per heavy atom. The van der Waals surface area contributed by atoms with Crippen molar-refractivity contribution in [2.45, 2.75) is 13.3 Å². The maximum absolute atomic E-state index is 11.9. The van der Waals surface area contributed by atoms with Gasteiger partial charge in [0.05, 0.1) is 0 Å². The second-order valence-corrected chi connectivity index (χ2v) is 5.14. The summed E-state index contributed by atoms with van der Waals surface area (Å²) in [5, 5.41) is 1.96. The molecule has 0 atom stereocenters. The summed E-state index contributed by atoms with van der Waals surface area (Å²) in [5.74, 6) is 0.643. The van der Waals surface area contributed by atoms with Crippen molar-refractivity contribution in [2.75, 3.05) is 0 Å². The summed E-state index contributed by atoms with van der Waals surface area (Å²) in [4.78, 5) is 21.0. The zero-order valence-electron chi connectivity index (χ0n) is 8.61. The number of thiophene rings is 1. The first kappa shape index (κ1) is 11.4. The van der Waals surface area contributed by atoms with Gasteiger partial charge in [-0.05, 0) is 40.4 Å². The fraction of sp³-hybridized carbons (Fsp3) is 0.182. The van der Waals surface area contributed by atoms with E-state index in [0.29, 0.717) is 17.9 Å². The first-order valence-corrected chi connectivity index (χ1v) is 6.39. The minimum atomic E-state index is 0.0219. The Hall–Kier alpha value is -1.07. The Bertz CT molecular complexity index is 524. The molecule has 0 aliphatic heterocycles. The number of ketones is 1. The quantitative estimate of drug-likeness (QED) is 0.818. The number of carbonyl (C=O) groups excluding carboxylic acids is 1. The van der Waals surface area contributed by atoms with Crippen LogP contribution in [0.25, 0.3) is 0 Å². The normalized spacial score (nSPS) is 10.4. The van der Waals surface area contributed by atoms with E-state index in [1.165, 1.54) is 0 Å². The summed E-state index contributed by atoms with van der Waals surface area (Å²) in [5.41, 5.74) is 0.479. The van der Waals surface area contributed by atoms with Gasteiger partial charge in [-0.2, -0.15) is 0 Å². The van der Waals surface area contributed by atoms with Crippen molar-refractivity contribution in [1.82, 2.24) is 9.97 Å². The van der Waals surface area contributed by atoms with Crippen LogP contribution in [0.3, 0.4) is 0 Å². The molecule has 0 N–H and O–H groups in total. The molecule has 2 aromatic rings. The summed E-state index contributed by atoms with van der Waals surface area (Å²) in [6, 6.07) is 3.59. The van der Waals surface area contributed by atoms with E-state index < -0.39 is 0 Å². The molecule has 0 saturated carbocycles. The molecule has 0 unspecified atom stereocenters. The van der Waals surface area contributed by atoms with Gasteiger partial charge < -0.3 is 0 Å². The SMILES string of the molecule is Cc1nccc(C(=O)Cc2sccc2Br)n1. The van der Waals surface area contributed by atoms with E-state index in [1.54, 1.807) is 30.5 Å². The molecule has 3 nitrogen and oxygen atoms in total. The molecular weight excluding hydrogens is 288 g/mol. The smallest absolute Gasteiger partial charge is 0.186 e. The lowest BCUT2D eigenvalue weighted by atomic mass is 10.2. The van der Waals surface area contributed by atoms with Crippen molar-refractivity contribution in [2.24, 2.45) is 0 Å². The van der Waals surface area contributed by atoms with Crippen molar-refractivity contribution in [3.05, 3.63) is 44.6 Å². The minimum absolute atomic E-state index is 0.0219. The average Bonchev–Trinajstić information content (AvgIpc) is 2.64. The Kier molecular flexibility index (Phi) is 3.46. The maximum atomic E-state index is 11.9. The number of rotatable bonds is 3. The monoisotopic (exact) mass is 296 g/mol. The van der Waals surface area contributed by atoms with Gasteiger partial charge in [-0.15, -0.1) is 11.3 Å². The van der Waals surface area contributed by atoms with Gasteiger partial charge in [0.2, 0.25) is 0 Å². The molecule has 5 heteroatoms. The molecule has 0 bridgehead atoms. The Labute approximate surface area is 106 Å². The molecule has 82 valence electrons. The summed E-state index contributed by atoms with van der Waals surface area (Å²) in [6.45, 7) is 1.78. The molecule has 0 fully saturated rings. The van der Waals surface area contributed by atoms with E-state index >= 15 is 0 Å². The summed E-state index contributed by atoms with van der Waals surface area (Å²) >= 11 is 4.97. The van der Waals surface area contributed by atoms with Crippen LogP contribution in [0, 0.1) is 6.92 Å². The van der Waals surface area contributed by atoms with Crippen LogP contribution in [-0.2, 0) is 6.42 Å². The number of aromatic nitrogens is 2. The lowest BCUT2D eigenvalue weighted by Gasteiger charge is -1.99. The lowest BCUT2D eigenvalue weighted by molar-refractivity contribution is 0.0988. The van der Waals surface area contributed by atoms with E-state index in [-0.39, 0.29) is 5.78 Å². The summed E-state index contributed by atoms with van der Waals surface area (Å²) < 4.78 is 0.983. The highest BCUT2D eigenvalue weighted by Crippen LogP contribution is 2.23. The number of nitrogens with zero attached hydrogens (tertiary/aromatic N) is 2. The minimum Gasteiger partial charge on any atom is -0.292 e. The Morgan fingerprint density at radius 2 is 2.31 bits per heavy atom. The molecule has 2 rings (SSSR count). The van der Waals surface area contributed by atoms with Gasteiger partial charge in [0.25, 0.3) is 0 Å². The highest BCUT2D eigenvalue weighted by Gasteiger charge is 2.11. The molecule has 0 aliphatic rings. The zero-order chi connectivity index (χ0) is 11.5. The topological polar surface area (TPSA) is 42.9 Å². The molecule has 2 aromatic heterocycles. The Balaban J connectivity index is 2.18. The van der Waals surface area contributed by atoms with E-state index in [2.05, 4.69) is 25.9 Å². The number of halogens is 1. The molecular formula is C11H9BrN2OS. The van der Waals surface area contributed by atoms with E-state index in [0.717, 1.165) is 9.35 Å². The van der Waals surface area contributed by atoms with Crippen LogP contribution in [0.4, 0.5) is 0 Å². The van der Waals surface area contributed by atoms with E-state index in [9.17, 15) is 4.79 Å². The second-order valence-electron chi connectivity index (χ2n) is 3.28. The highest BCUT2D eigenvalue weighted by molar-refractivity contribution is 9.10. The van der Waals surface area contributed by atoms with Crippen LogP contribution >= 0.6 is 27.3 Å². The maximum Gasteiger partial charge on any atom is 0.186 e. The van der Waals surface area contributed by atoms with Crippen LogP contribution in [0.2, 0.25) is 0 Å². The molecule has 0 amide bonds. The Morgan fingerprint density at radius 3 is 2.94 bits per heavy atom. The van der Waals surface area contributed by atoms with E-state index in [1.807, 2.05) is 11.4 Å². The number of hydrogen-bond donors (Lipinski definition) is 0. The first-order valence-electron chi connectivity index (χ1n) is 4.71. The molecule has 0 radical (unpaired) electrons. The van der Waals surface area contributed by atoms with Crippen molar-refractivity contribution in [3.63, 3.8) is 0 Å². The number of carbonyl (C=O) groups is 1. The van der Waals surface area contributed by atoms with E-state index in [4.69, 9.17) is 0 Å². The highest BCUT2D eigenvalue weighted by atomic mass is 79.9. The third-order valence-corrected chi connectivity index (χ3v) is 4.00. The van der Waals surface area contributed by atoms with Gasteiger partial charge in [-0.25, -0.2) is 9.97 Å². The standard InChI is InChI=1S/C11H9BrN2OS/c1-7-13-4-2-9(14-7)10(15)6-11-8(12)3-5-16-11/h2-5H,6H2,1H3. The van der Waals surface area contributed by atoms with Crippen molar-refractivity contribution in [3.8, 4) is 0 Å². The number of hydrogen-bond acceptors (Lipinski definition) is 4. The van der Waals surface area contributed by atoms with Gasteiger partial charge in [0.15, 0.2) is 5.78 Å². The van der Waals surface area contributed by atoms with Gasteiger partial charge in [-0.3, -0.25) is 4.79 Å². The van der Waals surface area contributed by atoms with Gasteiger partial charge in [-0.1, -0.05) is 0 Å². The second kappa shape index (κ2) is 4.84. The number of aryl methyl sites for hydroxylation is 1. The van der Waals surface area contributed by atoms with Gasteiger partial charge in [0.1, 0.15) is 11.5 Å². The van der Waals surface area contributed by atoms with Crippen LogP contribution in [0.1, 0.15) is 21.2 Å². The third-order valence-electron chi connectivity index (χ3n) is 2.07. The van der Waals surface area contributed by atoms with Crippen molar-refractivity contribution < 1.29 is 4.79 Å². The van der Waals surface area contributed by atoms with Crippen molar-refractivity contribution in [1.29, 1.82) is 0 Å². The fourth-order valence-electron chi connectivity index (χ4n) is 1.30. The molecule has 2 heterocycles. The number of Topliss-reactive ketones (excluding diaryl/α,β-unsaturated/α-hetero) is 1. The molecule has 0 saturated heterocycles. The van der Waals surface area contributed by atoms with Crippen LogP contribution in [-0.4, -0.2) is 15.8 Å². The van der Waals surface area contributed by atoms with Gasteiger partial charge >= 0.3 is 0 Å². The molecule has 0 aliphatic carbocycles. The van der Waals surface area contributed by atoms with Crippen molar-refractivity contribution >= 4 is 33.0 Å². The van der Waals surface area contributed by atoms with Crippen LogP contribution in [0.15, 0.2) is 28.2 Å². The molecule has 0 spiro atoms. The summed E-state index contributed by atoms with van der Waals surface area (Å²) in [6.07, 6.45) is 1.99.